The number of hydrogen-bond acceptors (Lipinski definition) is 2. The Hall–Kier alpha value is -0.570. The monoisotopic (exact) mass is 141 g/mol. The Labute approximate surface area is 57.9 Å². The maximum Gasteiger partial charge on any atom is 0.199 e. The summed E-state index contributed by atoms with van der Waals surface area (Å²) in [5, 5.41) is 0.988. The second-order valence-corrected chi connectivity index (χ2v) is 3.23. The molecule has 0 spiro atoms. The molecule has 1 aromatic rings. The molecule has 0 aliphatic heterocycles. The van der Waals surface area contributed by atoms with Crippen molar-refractivity contribution in [3.05, 3.63) is 11.3 Å². The minimum atomic E-state index is 0.988. The molecule has 1 heterocycles. The van der Waals surface area contributed by atoms with Gasteiger partial charge in [0, 0.05) is 6.42 Å². The third-order valence-electron chi connectivity index (χ3n) is 1.80. The average Bonchev–Trinajstić information content (AvgIpc) is 2.35. The van der Waals surface area contributed by atoms with Crippen molar-refractivity contribution in [1.29, 1.82) is 0 Å². The highest BCUT2D eigenvalue weighted by atomic mass is 32.1. The SMILES string of the molecule is Nc1s[nH+]c2c1CCC2. The van der Waals surface area contributed by atoms with Crippen LogP contribution in [0.15, 0.2) is 0 Å². The summed E-state index contributed by atoms with van der Waals surface area (Å²) >= 11 is 1.56. The zero-order valence-corrected chi connectivity index (χ0v) is 5.92. The van der Waals surface area contributed by atoms with Crippen LogP contribution in [0.2, 0.25) is 0 Å². The maximum atomic E-state index is 5.68. The maximum absolute atomic E-state index is 5.68. The lowest BCUT2D eigenvalue weighted by atomic mass is 10.3. The number of nitrogens with two attached hydrogens (primary N) is 1. The highest BCUT2D eigenvalue weighted by molar-refractivity contribution is 7.06. The molecule has 0 saturated carbocycles. The molecule has 3 N–H and O–H groups in total. The Kier molecular flexibility index (Phi) is 0.990. The van der Waals surface area contributed by atoms with Gasteiger partial charge in [-0.2, -0.15) is 0 Å². The number of rotatable bonds is 0. The molecule has 2 nitrogen and oxygen atoms in total. The Balaban J connectivity index is 2.56. The fraction of sp³-hybridized carbons (Fsp3) is 0.500. The van der Waals surface area contributed by atoms with Crippen LogP contribution in [0.5, 0.6) is 0 Å². The van der Waals surface area contributed by atoms with E-state index in [0.29, 0.717) is 0 Å². The molecule has 0 saturated heterocycles. The van der Waals surface area contributed by atoms with Gasteiger partial charge in [0.2, 0.25) is 0 Å². The Morgan fingerprint density at radius 3 is 3.11 bits per heavy atom. The molecule has 0 fully saturated rings. The molecular formula is C6H9N2S+. The van der Waals surface area contributed by atoms with E-state index in [1.165, 1.54) is 30.5 Å². The van der Waals surface area contributed by atoms with Crippen LogP contribution in [0.25, 0.3) is 0 Å². The van der Waals surface area contributed by atoms with Gasteiger partial charge in [-0.15, -0.1) is 4.37 Å². The van der Waals surface area contributed by atoms with E-state index >= 15 is 0 Å². The standard InChI is InChI=1S/C6H8N2S/c7-6-4-2-1-3-5(4)8-9-6/h1-3,7H2/p+1. The predicted molar refractivity (Wildman–Crippen MR) is 37.3 cm³/mol. The molecule has 1 aromatic heterocycles. The second kappa shape index (κ2) is 1.70. The lowest BCUT2D eigenvalue weighted by Gasteiger charge is -1.81. The molecule has 1 aliphatic rings. The summed E-state index contributed by atoms with van der Waals surface area (Å²) in [6.45, 7) is 0. The van der Waals surface area contributed by atoms with Crippen molar-refractivity contribution in [3.8, 4) is 0 Å². The van der Waals surface area contributed by atoms with Crippen LogP contribution >= 0.6 is 11.5 Å². The van der Waals surface area contributed by atoms with Crippen LogP contribution in [0.3, 0.4) is 0 Å². The van der Waals surface area contributed by atoms with Gasteiger partial charge in [0.05, 0.1) is 5.56 Å². The van der Waals surface area contributed by atoms with Crippen LogP contribution in [-0.2, 0) is 12.8 Å². The second-order valence-electron chi connectivity index (χ2n) is 2.38. The molecule has 0 aromatic carbocycles. The van der Waals surface area contributed by atoms with Crippen molar-refractivity contribution in [3.63, 3.8) is 0 Å². The number of aromatic nitrogens is 1. The predicted octanol–water partition coefficient (Wildman–Crippen LogP) is 0.633. The third-order valence-corrected chi connectivity index (χ3v) is 2.61. The molecule has 0 amide bonds. The number of nitrogens with one attached hydrogen (secondary N) is 1. The number of H-pyrrole nitrogens is 1. The number of nitrogen functional groups attached to an aromatic ring is 1. The van der Waals surface area contributed by atoms with Crippen molar-refractivity contribution in [1.82, 2.24) is 0 Å². The van der Waals surface area contributed by atoms with Gasteiger partial charge in [0.1, 0.15) is 0 Å². The fourth-order valence-corrected chi connectivity index (χ4v) is 2.11. The van der Waals surface area contributed by atoms with E-state index in [4.69, 9.17) is 5.73 Å². The van der Waals surface area contributed by atoms with Crippen molar-refractivity contribution in [2.75, 3.05) is 5.73 Å². The number of fused-ring (bicyclic) bond motifs is 1. The van der Waals surface area contributed by atoms with E-state index < -0.39 is 0 Å². The summed E-state index contributed by atoms with van der Waals surface area (Å²) in [6, 6.07) is 0. The first kappa shape index (κ1) is 5.23. The number of hydrogen-bond donors (Lipinski definition) is 1. The first-order valence-corrected chi connectivity index (χ1v) is 3.97. The van der Waals surface area contributed by atoms with Crippen LogP contribution in [0, 0.1) is 0 Å². The van der Waals surface area contributed by atoms with Gasteiger partial charge in [0.15, 0.2) is 22.2 Å². The fourth-order valence-electron chi connectivity index (χ4n) is 1.31. The summed E-state index contributed by atoms with van der Waals surface area (Å²) in [4.78, 5) is 0. The van der Waals surface area contributed by atoms with Crippen molar-refractivity contribution < 1.29 is 4.37 Å². The summed E-state index contributed by atoms with van der Waals surface area (Å²) in [7, 11) is 0. The smallest absolute Gasteiger partial charge is 0.199 e. The van der Waals surface area contributed by atoms with Gasteiger partial charge in [-0.05, 0) is 12.8 Å². The van der Waals surface area contributed by atoms with E-state index in [9.17, 15) is 0 Å². The van der Waals surface area contributed by atoms with E-state index in [2.05, 4.69) is 4.37 Å². The Morgan fingerprint density at radius 1 is 1.44 bits per heavy atom. The lowest BCUT2D eigenvalue weighted by molar-refractivity contribution is -0.302. The van der Waals surface area contributed by atoms with E-state index in [1.807, 2.05) is 0 Å². The molecular weight excluding hydrogens is 132 g/mol. The lowest BCUT2D eigenvalue weighted by Crippen LogP contribution is -1.98. The van der Waals surface area contributed by atoms with Crippen molar-refractivity contribution in [2.24, 2.45) is 0 Å². The van der Waals surface area contributed by atoms with E-state index in [1.54, 1.807) is 11.5 Å². The molecule has 2 rings (SSSR count). The molecule has 9 heavy (non-hydrogen) atoms. The van der Waals surface area contributed by atoms with Crippen LogP contribution < -0.4 is 10.1 Å². The highest BCUT2D eigenvalue weighted by Crippen LogP contribution is 2.25. The van der Waals surface area contributed by atoms with Crippen molar-refractivity contribution in [2.45, 2.75) is 19.3 Å². The van der Waals surface area contributed by atoms with Crippen LogP contribution in [0.4, 0.5) is 5.00 Å². The van der Waals surface area contributed by atoms with Gasteiger partial charge < -0.3 is 5.73 Å². The number of aromatic amines is 1. The normalized spacial score (nSPS) is 16.0. The Morgan fingerprint density at radius 2 is 2.33 bits per heavy atom. The summed E-state index contributed by atoms with van der Waals surface area (Å²) in [6.07, 6.45) is 3.66. The average molecular weight is 141 g/mol. The molecule has 3 heteroatoms. The molecule has 0 bridgehead atoms. The first-order chi connectivity index (χ1) is 4.38. The van der Waals surface area contributed by atoms with Crippen LogP contribution in [-0.4, -0.2) is 0 Å². The minimum absolute atomic E-state index is 0.988. The molecule has 0 radical (unpaired) electrons. The molecule has 0 unspecified atom stereocenters. The first-order valence-electron chi connectivity index (χ1n) is 3.15. The van der Waals surface area contributed by atoms with Gasteiger partial charge >= 0.3 is 0 Å². The van der Waals surface area contributed by atoms with Crippen LogP contribution in [0.1, 0.15) is 17.7 Å². The van der Waals surface area contributed by atoms with E-state index in [0.717, 1.165) is 5.00 Å². The topological polar surface area (TPSA) is 40.2 Å². The number of anilines is 1. The minimum Gasteiger partial charge on any atom is -0.386 e. The van der Waals surface area contributed by atoms with Gasteiger partial charge in [0.25, 0.3) is 0 Å². The van der Waals surface area contributed by atoms with Crippen molar-refractivity contribution >= 4 is 16.5 Å². The molecule has 0 atom stereocenters. The summed E-state index contributed by atoms with van der Waals surface area (Å²) in [5.41, 5.74) is 8.43. The third kappa shape index (κ3) is 0.645. The zero-order valence-electron chi connectivity index (χ0n) is 5.11. The molecule has 48 valence electrons. The quantitative estimate of drug-likeness (QED) is 0.565. The Bertz CT molecular complexity index is 229. The molecule has 1 aliphatic carbocycles. The summed E-state index contributed by atoms with van der Waals surface area (Å²) < 4.78 is 3.20. The van der Waals surface area contributed by atoms with E-state index in [-0.39, 0.29) is 0 Å². The number of aryl methyl sites for hydroxylation is 1. The largest absolute Gasteiger partial charge is 0.386 e. The van der Waals surface area contributed by atoms with Gasteiger partial charge in [-0.1, -0.05) is 0 Å². The zero-order chi connectivity index (χ0) is 6.27. The highest BCUT2D eigenvalue weighted by Gasteiger charge is 2.22. The van der Waals surface area contributed by atoms with Gasteiger partial charge in [-0.25, -0.2) is 0 Å². The summed E-state index contributed by atoms with van der Waals surface area (Å²) in [5.74, 6) is 0. The van der Waals surface area contributed by atoms with Gasteiger partial charge in [-0.3, -0.25) is 0 Å².